The minimum Gasteiger partial charge on any atom is -0.378 e. The number of amides is 1. The summed E-state index contributed by atoms with van der Waals surface area (Å²) in [7, 11) is 3.60. The normalized spacial score (nSPS) is 22.8. The Balaban J connectivity index is 2.06. The van der Waals surface area contributed by atoms with Gasteiger partial charge in [0.2, 0.25) is 5.91 Å². The number of carbonyl (C=O) groups excluding carboxylic acids is 1. The van der Waals surface area contributed by atoms with Crippen LogP contribution in [0.3, 0.4) is 0 Å². The van der Waals surface area contributed by atoms with Crippen molar-refractivity contribution in [3.05, 3.63) is 35.9 Å². The molecule has 1 amide bonds. The van der Waals surface area contributed by atoms with E-state index in [2.05, 4.69) is 19.2 Å². The lowest BCUT2D eigenvalue weighted by Gasteiger charge is -2.26. The van der Waals surface area contributed by atoms with E-state index in [-0.39, 0.29) is 11.9 Å². The lowest BCUT2D eigenvalue weighted by molar-refractivity contribution is -0.131. The molecule has 4 heteroatoms. The van der Waals surface area contributed by atoms with Gasteiger partial charge in [0.05, 0.1) is 6.10 Å². The molecule has 1 aliphatic rings. The van der Waals surface area contributed by atoms with E-state index in [1.807, 2.05) is 30.3 Å². The topological polar surface area (TPSA) is 41.6 Å². The van der Waals surface area contributed by atoms with Crippen molar-refractivity contribution in [2.24, 2.45) is 11.8 Å². The van der Waals surface area contributed by atoms with E-state index < -0.39 is 0 Å². The highest BCUT2D eigenvalue weighted by Crippen LogP contribution is 2.27. The third-order valence-electron chi connectivity index (χ3n) is 4.33. The van der Waals surface area contributed by atoms with Crippen LogP contribution >= 0.6 is 0 Å². The number of likely N-dealkylation sites (N-methyl/N-ethyl adjacent to an activating group) is 1. The van der Waals surface area contributed by atoms with Gasteiger partial charge in [-0.3, -0.25) is 4.79 Å². The summed E-state index contributed by atoms with van der Waals surface area (Å²) in [5.41, 5.74) is 1.02. The quantitative estimate of drug-likeness (QED) is 0.878. The molecule has 1 aromatic rings. The van der Waals surface area contributed by atoms with E-state index in [0.717, 1.165) is 25.1 Å². The number of hydrogen-bond acceptors (Lipinski definition) is 3. The van der Waals surface area contributed by atoms with Crippen LogP contribution in [0.5, 0.6) is 0 Å². The lowest BCUT2D eigenvalue weighted by Crippen LogP contribution is -2.40. The van der Waals surface area contributed by atoms with Crippen molar-refractivity contribution in [2.45, 2.75) is 32.4 Å². The molecule has 1 saturated heterocycles. The van der Waals surface area contributed by atoms with Crippen molar-refractivity contribution >= 4 is 5.91 Å². The van der Waals surface area contributed by atoms with Gasteiger partial charge in [-0.2, -0.15) is 0 Å². The van der Waals surface area contributed by atoms with Crippen molar-refractivity contribution in [3.63, 3.8) is 0 Å². The average molecular weight is 304 g/mol. The predicted octanol–water partition coefficient (Wildman–Crippen LogP) is 2.47. The van der Waals surface area contributed by atoms with Crippen molar-refractivity contribution in [3.8, 4) is 0 Å². The van der Waals surface area contributed by atoms with Crippen LogP contribution in [0.2, 0.25) is 0 Å². The van der Waals surface area contributed by atoms with Gasteiger partial charge >= 0.3 is 0 Å². The van der Waals surface area contributed by atoms with Gasteiger partial charge in [0, 0.05) is 33.2 Å². The van der Waals surface area contributed by atoms with Crippen LogP contribution in [0.4, 0.5) is 0 Å². The minimum atomic E-state index is -0.287. The Hall–Kier alpha value is -1.39. The summed E-state index contributed by atoms with van der Waals surface area (Å²) < 4.78 is 5.84. The highest BCUT2D eigenvalue weighted by molar-refractivity contribution is 5.82. The number of hydrogen-bond donors (Lipinski definition) is 1. The number of carbonyl (C=O) groups is 1. The van der Waals surface area contributed by atoms with E-state index in [4.69, 9.17) is 4.74 Å². The first-order valence-corrected chi connectivity index (χ1v) is 8.11. The highest BCUT2D eigenvalue weighted by Gasteiger charge is 2.32. The fourth-order valence-corrected chi connectivity index (χ4v) is 3.13. The van der Waals surface area contributed by atoms with Gasteiger partial charge in [0.1, 0.15) is 6.04 Å². The molecule has 0 radical (unpaired) electrons. The van der Waals surface area contributed by atoms with Crippen LogP contribution in [-0.4, -0.2) is 44.2 Å². The SMILES string of the molecule is CC(C)[C@H]1OCC[C@@H]1CN[C@@H](C(=O)N(C)C)c1ccccc1. The van der Waals surface area contributed by atoms with Crippen molar-refractivity contribution in [1.29, 1.82) is 0 Å². The summed E-state index contributed by atoms with van der Waals surface area (Å²) >= 11 is 0. The van der Waals surface area contributed by atoms with E-state index in [0.29, 0.717) is 17.9 Å². The van der Waals surface area contributed by atoms with Crippen molar-refractivity contribution in [1.82, 2.24) is 10.2 Å². The molecule has 1 N–H and O–H groups in total. The number of rotatable bonds is 6. The Morgan fingerprint density at radius 1 is 1.32 bits per heavy atom. The first-order valence-electron chi connectivity index (χ1n) is 8.11. The number of ether oxygens (including phenoxy) is 1. The molecule has 0 spiro atoms. The monoisotopic (exact) mass is 304 g/mol. The maximum Gasteiger partial charge on any atom is 0.243 e. The van der Waals surface area contributed by atoms with E-state index >= 15 is 0 Å². The molecule has 122 valence electrons. The molecule has 0 bridgehead atoms. The standard InChI is InChI=1S/C18H28N2O2/c1-13(2)17-15(10-11-22-17)12-19-16(18(21)20(3)4)14-8-6-5-7-9-14/h5-9,13,15-17,19H,10-12H2,1-4H3/t15-,16-,17-/m1/s1. The van der Waals surface area contributed by atoms with Crippen molar-refractivity contribution < 1.29 is 9.53 Å². The molecular weight excluding hydrogens is 276 g/mol. The molecule has 0 aromatic heterocycles. The zero-order valence-corrected chi connectivity index (χ0v) is 14.1. The molecule has 4 nitrogen and oxygen atoms in total. The maximum atomic E-state index is 12.5. The van der Waals surface area contributed by atoms with Gasteiger partial charge in [0.25, 0.3) is 0 Å². The maximum absolute atomic E-state index is 12.5. The summed E-state index contributed by atoms with van der Waals surface area (Å²) in [6, 6.07) is 9.64. The Bertz CT molecular complexity index is 473. The molecule has 1 fully saturated rings. The van der Waals surface area contributed by atoms with Crippen LogP contribution in [0.25, 0.3) is 0 Å². The summed E-state index contributed by atoms with van der Waals surface area (Å²) in [6.45, 7) is 6.03. The smallest absolute Gasteiger partial charge is 0.243 e. The second-order valence-electron chi connectivity index (χ2n) is 6.61. The molecular formula is C18H28N2O2. The van der Waals surface area contributed by atoms with Crippen molar-refractivity contribution in [2.75, 3.05) is 27.2 Å². The highest BCUT2D eigenvalue weighted by atomic mass is 16.5. The number of benzene rings is 1. The second-order valence-corrected chi connectivity index (χ2v) is 6.61. The van der Waals surface area contributed by atoms with E-state index in [1.54, 1.807) is 19.0 Å². The van der Waals surface area contributed by atoms with Gasteiger partial charge in [-0.05, 0) is 17.9 Å². The fraction of sp³-hybridized carbons (Fsp3) is 0.611. The zero-order chi connectivity index (χ0) is 16.1. The number of nitrogens with one attached hydrogen (secondary N) is 1. The molecule has 1 aromatic carbocycles. The molecule has 1 heterocycles. The fourth-order valence-electron chi connectivity index (χ4n) is 3.13. The van der Waals surface area contributed by atoms with Crippen LogP contribution in [-0.2, 0) is 9.53 Å². The summed E-state index contributed by atoms with van der Waals surface area (Å²) in [6.07, 6.45) is 1.35. The molecule has 22 heavy (non-hydrogen) atoms. The van der Waals surface area contributed by atoms with Gasteiger partial charge in [0.15, 0.2) is 0 Å². The van der Waals surface area contributed by atoms with Gasteiger partial charge < -0.3 is 15.0 Å². The number of nitrogens with zero attached hydrogens (tertiary/aromatic N) is 1. The summed E-state index contributed by atoms with van der Waals surface area (Å²) in [5, 5.41) is 3.47. The van der Waals surface area contributed by atoms with Gasteiger partial charge in [-0.15, -0.1) is 0 Å². The molecule has 1 aliphatic heterocycles. The Morgan fingerprint density at radius 3 is 2.59 bits per heavy atom. The Labute approximate surface area is 133 Å². The van der Waals surface area contributed by atoms with Gasteiger partial charge in [-0.25, -0.2) is 0 Å². The van der Waals surface area contributed by atoms with Crippen LogP contribution < -0.4 is 5.32 Å². The first kappa shape index (κ1) is 17.0. The Kier molecular flexibility index (Phi) is 5.98. The van der Waals surface area contributed by atoms with E-state index in [9.17, 15) is 4.79 Å². The molecule has 3 atom stereocenters. The molecule has 2 rings (SSSR count). The lowest BCUT2D eigenvalue weighted by atomic mass is 9.92. The average Bonchev–Trinajstić information content (AvgIpc) is 2.97. The van der Waals surface area contributed by atoms with Gasteiger partial charge in [-0.1, -0.05) is 44.2 Å². The first-order chi connectivity index (χ1) is 10.5. The third kappa shape index (κ3) is 4.08. The second kappa shape index (κ2) is 7.75. The predicted molar refractivity (Wildman–Crippen MR) is 88.6 cm³/mol. The van der Waals surface area contributed by atoms with E-state index in [1.165, 1.54) is 0 Å². The summed E-state index contributed by atoms with van der Waals surface area (Å²) in [4.78, 5) is 14.1. The van der Waals surface area contributed by atoms with Crippen LogP contribution in [0, 0.1) is 11.8 Å². The Morgan fingerprint density at radius 2 is 2.00 bits per heavy atom. The third-order valence-corrected chi connectivity index (χ3v) is 4.33. The van der Waals surface area contributed by atoms with Crippen LogP contribution in [0.15, 0.2) is 30.3 Å². The van der Waals surface area contributed by atoms with Crippen LogP contribution in [0.1, 0.15) is 31.9 Å². The minimum absolute atomic E-state index is 0.0891. The molecule has 0 aliphatic carbocycles. The molecule has 0 unspecified atom stereocenters. The summed E-state index contributed by atoms with van der Waals surface area (Å²) in [5.74, 6) is 1.07. The largest absolute Gasteiger partial charge is 0.378 e. The zero-order valence-electron chi connectivity index (χ0n) is 14.1. The molecule has 0 saturated carbocycles.